The summed E-state index contributed by atoms with van der Waals surface area (Å²) in [4.78, 5) is 36.8. The zero-order valence-corrected chi connectivity index (χ0v) is 13.2. The van der Waals surface area contributed by atoms with E-state index in [9.17, 15) is 14.4 Å². The molecule has 0 aromatic heterocycles. The number of amides is 2. The fourth-order valence-electron chi connectivity index (χ4n) is 2.21. The topological polar surface area (TPSA) is 54.5 Å². The van der Waals surface area contributed by atoms with Gasteiger partial charge in [-0.05, 0) is 42.5 Å². The summed E-state index contributed by atoms with van der Waals surface area (Å²) < 4.78 is 0. The zero-order valence-electron chi connectivity index (χ0n) is 12.4. The largest absolute Gasteiger partial charge is 0.298 e. The average Bonchev–Trinajstić information content (AvgIpc) is 2.83. The molecule has 1 heterocycles. The van der Waals surface area contributed by atoms with Crippen molar-refractivity contribution >= 4 is 41.0 Å². The van der Waals surface area contributed by atoms with Crippen LogP contribution in [0.25, 0.3) is 6.08 Å². The number of hydrogen-bond acceptors (Lipinski definition) is 4. The summed E-state index contributed by atoms with van der Waals surface area (Å²) in [5.74, 6) is -0.330. The molecule has 1 saturated heterocycles. The van der Waals surface area contributed by atoms with Crippen LogP contribution in [0.3, 0.4) is 0 Å². The van der Waals surface area contributed by atoms with E-state index in [1.807, 2.05) is 19.1 Å². The van der Waals surface area contributed by atoms with Crippen LogP contribution < -0.4 is 4.90 Å². The van der Waals surface area contributed by atoms with E-state index in [1.165, 1.54) is 4.90 Å². The van der Waals surface area contributed by atoms with Gasteiger partial charge in [0.15, 0.2) is 0 Å². The van der Waals surface area contributed by atoms with Gasteiger partial charge in [0.05, 0.1) is 10.6 Å². The molecule has 2 amide bonds. The van der Waals surface area contributed by atoms with Gasteiger partial charge in [0.1, 0.15) is 6.29 Å². The molecule has 114 valence electrons. The standard InChI is InChI=1S/C18H13NO3S/c1-12-2-8-15(9-3-12)19-17(21)16(23-18(19)22)10-13-4-6-14(11-20)7-5-13/h2-11H,1H3/b16-10-. The van der Waals surface area contributed by atoms with Crippen LogP contribution in [-0.2, 0) is 4.79 Å². The number of aryl methyl sites for hydroxylation is 1. The second-order valence-electron chi connectivity index (χ2n) is 5.14. The average molecular weight is 323 g/mol. The van der Waals surface area contributed by atoms with E-state index in [2.05, 4.69) is 0 Å². The van der Waals surface area contributed by atoms with Crippen molar-refractivity contribution in [2.45, 2.75) is 6.92 Å². The second kappa shape index (κ2) is 6.22. The fraction of sp³-hybridized carbons (Fsp3) is 0.0556. The molecular formula is C18H13NO3S. The Balaban J connectivity index is 1.89. The number of benzene rings is 2. The Morgan fingerprint density at radius 1 is 0.913 bits per heavy atom. The van der Waals surface area contributed by atoms with Gasteiger partial charge in [0.25, 0.3) is 11.1 Å². The number of imide groups is 1. The Morgan fingerprint density at radius 2 is 1.52 bits per heavy atom. The van der Waals surface area contributed by atoms with Gasteiger partial charge in [-0.2, -0.15) is 0 Å². The maximum atomic E-state index is 12.5. The van der Waals surface area contributed by atoms with Gasteiger partial charge in [0.2, 0.25) is 0 Å². The van der Waals surface area contributed by atoms with Crippen LogP contribution in [0.2, 0.25) is 0 Å². The van der Waals surface area contributed by atoms with Crippen LogP contribution in [-0.4, -0.2) is 17.4 Å². The molecule has 0 atom stereocenters. The number of aldehydes is 1. The molecule has 0 bridgehead atoms. The lowest BCUT2D eigenvalue weighted by Gasteiger charge is -2.12. The van der Waals surface area contributed by atoms with E-state index in [-0.39, 0.29) is 11.1 Å². The van der Waals surface area contributed by atoms with E-state index in [0.717, 1.165) is 29.2 Å². The quantitative estimate of drug-likeness (QED) is 0.631. The molecule has 0 aliphatic carbocycles. The van der Waals surface area contributed by atoms with Gasteiger partial charge in [-0.1, -0.05) is 42.0 Å². The van der Waals surface area contributed by atoms with Crippen LogP contribution in [0, 0.1) is 6.92 Å². The van der Waals surface area contributed by atoms with E-state index in [1.54, 1.807) is 42.5 Å². The smallest absolute Gasteiger partial charge is 0.298 e. The molecule has 4 nitrogen and oxygen atoms in total. The minimum Gasteiger partial charge on any atom is -0.298 e. The maximum absolute atomic E-state index is 12.5. The van der Waals surface area contributed by atoms with Gasteiger partial charge in [0, 0.05) is 5.56 Å². The number of anilines is 1. The van der Waals surface area contributed by atoms with Crippen LogP contribution in [0.15, 0.2) is 53.4 Å². The first-order valence-corrected chi connectivity index (χ1v) is 7.80. The van der Waals surface area contributed by atoms with Gasteiger partial charge >= 0.3 is 0 Å². The molecule has 23 heavy (non-hydrogen) atoms. The molecule has 2 aromatic carbocycles. The molecule has 5 heteroatoms. The van der Waals surface area contributed by atoms with Crippen molar-refractivity contribution in [3.8, 4) is 0 Å². The first-order valence-electron chi connectivity index (χ1n) is 6.98. The summed E-state index contributed by atoms with van der Waals surface area (Å²) in [6.07, 6.45) is 2.42. The van der Waals surface area contributed by atoms with Crippen molar-refractivity contribution in [3.63, 3.8) is 0 Å². The van der Waals surface area contributed by atoms with E-state index < -0.39 is 0 Å². The van der Waals surface area contributed by atoms with Crippen LogP contribution in [0.5, 0.6) is 0 Å². The molecule has 0 saturated carbocycles. The Morgan fingerprint density at radius 3 is 2.13 bits per heavy atom. The SMILES string of the molecule is Cc1ccc(N2C(=O)S/C(=C\c3ccc(C=O)cc3)C2=O)cc1. The van der Waals surface area contributed by atoms with Crippen LogP contribution in [0.1, 0.15) is 21.5 Å². The maximum Gasteiger partial charge on any atom is 0.298 e. The highest BCUT2D eigenvalue weighted by atomic mass is 32.2. The summed E-state index contributed by atoms with van der Waals surface area (Å²) in [7, 11) is 0. The van der Waals surface area contributed by atoms with Crippen LogP contribution >= 0.6 is 11.8 Å². The summed E-state index contributed by atoms with van der Waals surface area (Å²) >= 11 is 0.915. The minimum absolute atomic E-state index is 0.311. The molecular weight excluding hydrogens is 310 g/mol. The molecule has 1 aliphatic rings. The number of carbonyl (C=O) groups is 3. The highest BCUT2D eigenvalue weighted by Gasteiger charge is 2.36. The van der Waals surface area contributed by atoms with Crippen LogP contribution in [0.4, 0.5) is 10.5 Å². The molecule has 2 aromatic rings. The minimum atomic E-state index is -0.330. The third-order valence-corrected chi connectivity index (χ3v) is 4.33. The lowest BCUT2D eigenvalue weighted by Crippen LogP contribution is -2.27. The van der Waals surface area contributed by atoms with Gasteiger partial charge in [-0.25, -0.2) is 4.90 Å². The molecule has 0 radical (unpaired) electrons. The number of carbonyl (C=O) groups excluding carboxylic acids is 3. The van der Waals surface area contributed by atoms with Crippen molar-refractivity contribution in [1.82, 2.24) is 0 Å². The first kappa shape index (κ1) is 15.2. The van der Waals surface area contributed by atoms with Crippen molar-refractivity contribution in [2.75, 3.05) is 4.90 Å². The number of hydrogen-bond donors (Lipinski definition) is 0. The molecule has 0 spiro atoms. The van der Waals surface area contributed by atoms with E-state index in [4.69, 9.17) is 0 Å². The molecule has 1 fully saturated rings. The predicted molar refractivity (Wildman–Crippen MR) is 91.5 cm³/mol. The summed E-state index contributed by atoms with van der Waals surface area (Å²) in [6, 6.07) is 14.1. The lowest BCUT2D eigenvalue weighted by molar-refractivity contribution is -0.113. The van der Waals surface area contributed by atoms with E-state index >= 15 is 0 Å². The van der Waals surface area contributed by atoms with Gasteiger partial charge in [-0.15, -0.1) is 0 Å². The van der Waals surface area contributed by atoms with Gasteiger partial charge in [-0.3, -0.25) is 14.4 Å². The zero-order chi connectivity index (χ0) is 16.4. The van der Waals surface area contributed by atoms with Crippen molar-refractivity contribution in [2.24, 2.45) is 0 Å². The van der Waals surface area contributed by atoms with Gasteiger partial charge < -0.3 is 0 Å². The molecule has 0 unspecified atom stereocenters. The number of nitrogens with zero attached hydrogens (tertiary/aromatic N) is 1. The normalized spacial score (nSPS) is 16.2. The number of thioether (sulfide) groups is 1. The van der Waals surface area contributed by atoms with Crippen molar-refractivity contribution < 1.29 is 14.4 Å². The first-order chi connectivity index (χ1) is 11.1. The highest BCUT2D eigenvalue weighted by molar-refractivity contribution is 8.19. The third kappa shape index (κ3) is 3.10. The highest BCUT2D eigenvalue weighted by Crippen LogP contribution is 2.35. The second-order valence-corrected chi connectivity index (χ2v) is 6.13. The molecule has 0 N–H and O–H groups in total. The third-order valence-electron chi connectivity index (χ3n) is 3.46. The van der Waals surface area contributed by atoms with Crippen molar-refractivity contribution in [1.29, 1.82) is 0 Å². The molecule has 3 rings (SSSR count). The summed E-state index contributed by atoms with van der Waals surface area (Å²) in [5.41, 5.74) is 2.96. The summed E-state index contributed by atoms with van der Waals surface area (Å²) in [6.45, 7) is 1.94. The Hall–Kier alpha value is -2.66. The summed E-state index contributed by atoms with van der Waals surface area (Å²) in [5, 5.41) is -0.311. The Labute approximate surface area is 137 Å². The lowest BCUT2D eigenvalue weighted by atomic mass is 10.1. The molecule has 1 aliphatic heterocycles. The van der Waals surface area contributed by atoms with Crippen molar-refractivity contribution in [3.05, 3.63) is 70.1 Å². The number of rotatable bonds is 3. The predicted octanol–water partition coefficient (Wildman–Crippen LogP) is 4.05. The van der Waals surface area contributed by atoms with E-state index in [0.29, 0.717) is 16.2 Å². The Kier molecular flexibility index (Phi) is 4.12. The Bertz CT molecular complexity index is 807. The fourth-order valence-corrected chi connectivity index (χ4v) is 3.05. The monoisotopic (exact) mass is 323 g/mol.